The fraction of sp³-hybridized carbons (Fsp3) is 0.320. The fourth-order valence-corrected chi connectivity index (χ4v) is 5.06. The van der Waals surface area contributed by atoms with Gasteiger partial charge in [0, 0.05) is 22.8 Å². The predicted molar refractivity (Wildman–Crippen MR) is 127 cm³/mol. The molecule has 2 heterocycles. The van der Waals surface area contributed by atoms with Gasteiger partial charge in [-0.25, -0.2) is 9.69 Å². The molecule has 1 saturated heterocycles. The van der Waals surface area contributed by atoms with Gasteiger partial charge in [-0.15, -0.1) is 0 Å². The van der Waals surface area contributed by atoms with E-state index in [0.717, 1.165) is 23.4 Å². The van der Waals surface area contributed by atoms with E-state index in [-0.39, 0.29) is 11.1 Å². The molecular weight excluding hydrogens is 426 g/mol. The molecule has 0 saturated carbocycles. The van der Waals surface area contributed by atoms with Crippen LogP contribution in [0.25, 0.3) is 6.08 Å². The number of fused-ring (bicyclic) bond motifs is 1. The summed E-state index contributed by atoms with van der Waals surface area (Å²) in [6.07, 6.45) is 2.55. The number of anilines is 2. The van der Waals surface area contributed by atoms with E-state index in [4.69, 9.17) is 11.6 Å². The minimum atomic E-state index is -0.792. The molecule has 1 fully saturated rings. The molecule has 2 aromatic rings. The smallest absolute Gasteiger partial charge is 0.335 e. The van der Waals surface area contributed by atoms with Crippen molar-refractivity contribution in [1.82, 2.24) is 5.32 Å². The van der Waals surface area contributed by atoms with Crippen molar-refractivity contribution >= 4 is 46.9 Å². The second-order valence-electron chi connectivity index (χ2n) is 8.92. The van der Waals surface area contributed by atoms with Crippen LogP contribution in [0.2, 0.25) is 5.02 Å². The monoisotopic (exact) mass is 451 g/mol. The van der Waals surface area contributed by atoms with E-state index in [9.17, 15) is 14.4 Å². The molecule has 2 aliphatic heterocycles. The summed E-state index contributed by atoms with van der Waals surface area (Å²) in [6.45, 7) is 9.73. The zero-order valence-corrected chi connectivity index (χ0v) is 19.4. The summed E-state index contributed by atoms with van der Waals surface area (Å²) < 4.78 is 0. The third-order valence-electron chi connectivity index (χ3n) is 6.21. The standard InChI is InChI=1S/C25H26ClN3O3/c1-5-28-21-10-9-16(11-19(21)15(2)14-25(28,3)4)12-20-22(30)27-24(32)29(23(20)31)18-8-6-7-17(26)13-18/h6-13,15H,5,14H2,1-4H3,(H,27,30,32)/b20-12-. The van der Waals surface area contributed by atoms with Crippen molar-refractivity contribution in [3.05, 3.63) is 64.2 Å². The Bertz CT molecular complexity index is 1150. The van der Waals surface area contributed by atoms with Crippen LogP contribution in [-0.2, 0) is 9.59 Å². The van der Waals surface area contributed by atoms with E-state index in [2.05, 4.69) is 37.9 Å². The number of carbonyl (C=O) groups excluding carboxylic acids is 3. The summed E-state index contributed by atoms with van der Waals surface area (Å²) in [5.74, 6) is -1.05. The van der Waals surface area contributed by atoms with Gasteiger partial charge in [0.1, 0.15) is 5.57 Å². The van der Waals surface area contributed by atoms with Crippen LogP contribution in [0.15, 0.2) is 48.0 Å². The van der Waals surface area contributed by atoms with E-state index < -0.39 is 17.8 Å². The lowest BCUT2D eigenvalue weighted by Gasteiger charge is -2.47. The number of rotatable bonds is 3. The molecule has 4 rings (SSSR count). The zero-order valence-electron chi connectivity index (χ0n) is 18.6. The van der Waals surface area contributed by atoms with Crippen LogP contribution >= 0.6 is 11.6 Å². The van der Waals surface area contributed by atoms with Gasteiger partial charge in [-0.2, -0.15) is 0 Å². The molecule has 1 N–H and O–H groups in total. The van der Waals surface area contributed by atoms with Crippen LogP contribution in [0.3, 0.4) is 0 Å². The number of halogens is 1. The molecule has 6 nitrogen and oxygen atoms in total. The molecule has 2 aliphatic rings. The number of barbiturate groups is 1. The van der Waals surface area contributed by atoms with Gasteiger partial charge in [0.2, 0.25) is 0 Å². The normalized spacial score (nSPS) is 21.6. The molecule has 4 amide bonds. The Labute approximate surface area is 192 Å². The lowest BCUT2D eigenvalue weighted by Crippen LogP contribution is -2.54. The molecule has 1 unspecified atom stereocenters. The van der Waals surface area contributed by atoms with Gasteiger partial charge in [0.15, 0.2) is 0 Å². The Kier molecular flexibility index (Phi) is 5.59. The summed E-state index contributed by atoms with van der Waals surface area (Å²) in [6, 6.07) is 11.6. The van der Waals surface area contributed by atoms with Crippen LogP contribution in [0, 0.1) is 0 Å². The van der Waals surface area contributed by atoms with Crippen molar-refractivity contribution in [2.24, 2.45) is 0 Å². The largest absolute Gasteiger partial charge is 0.366 e. The van der Waals surface area contributed by atoms with Gasteiger partial charge in [0.05, 0.1) is 5.69 Å². The van der Waals surface area contributed by atoms with Gasteiger partial charge in [-0.1, -0.05) is 30.7 Å². The summed E-state index contributed by atoms with van der Waals surface area (Å²) in [5, 5.41) is 2.64. The molecule has 2 aromatic carbocycles. The van der Waals surface area contributed by atoms with Gasteiger partial charge in [0.25, 0.3) is 11.8 Å². The first kappa shape index (κ1) is 22.1. The third-order valence-corrected chi connectivity index (χ3v) is 6.44. The number of nitrogens with one attached hydrogen (secondary N) is 1. The lowest BCUT2D eigenvalue weighted by molar-refractivity contribution is -0.122. The molecule has 166 valence electrons. The molecule has 0 radical (unpaired) electrons. The molecule has 0 aliphatic carbocycles. The SMILES string of the molecule is CCN1c2ccc(/C=C3/C(=O)NC(=O)N(c4cccc(Cl)c4)C3=O)cc2C(C)CC1(C)C. The topological polar surface area (TPSA) is 69.7 Å². The maximum Gasteiger partial charge on any atom is 0.335 e. The van der Waals surface area contributed by atoms with Crippen LogP contribution in [0.4, 0.5) is 16.2 Å². The minimum Gasteiger partial charge on any atom is -0.366 e. The van der Waals surface area contributed by atoms with Gasteiger partial charge in [-0.05, 0) is 80.6 Å². The van der Waals surface area contributed by atoms with Crippen LogP contribution in [-0.4, -0.2) is 29.9 Å². The summed E-state index contributed by atoms with van der Waals surface area (Å²) in [7, 11) is 0. The first-order valence-electron chi connectivity index (χ1n) is 10.7. The highest BCUT2D eigenvalue weighted by atomic mass is 35.5. The highest BCUT2D eigenvalue weighted by Crippen LogP contribution is 2.43. The highest BCUT2D eigenvalue weighted by molar-refractivity contribution is 6.39. The van der Waals surface area contributed by atoms with Crippen LogP contribution in [0.1, 0.15) is 51.2 Å². The number of hydrogen-bond donors (Lipinski definition) is 1. The first-order valence-corrected chi connectivity index (χ1v) is 11.1. The maximum atomic E-state index is 13.1. The number of carbonyl (C=O) groups is 3. The number of amides is 4. The summed E-state index contributed by atoms with van der Waals surface area (Å²) in [4.78, 5) is 41.3. The van der Waals surface area contributed by atoms with Crippen LogP contribution < -0.4 is 15.1 Å². The Morgan fingerprint density at radius 1 is 1.16 bits per heavy atom. The van der Waals surface area contributed by atoms with Gasteiger partial charge in [-0.3, -0.25) is 14.9 Å². The Morgan fingerprint density at radius 2 is 1.91 bits per heavy atom. The van der Waals surface area contributed by atoms with E-state index in [1.165, 1.54) is 17.3 Å². The van der Waals surface area contributed by atoms with Crippen LogP contribution in [0.5, 0.6) is 0 Å². The molecule has 0 bridgehead atoms. The van der Waals surface area contributed by atoms with E-state index in [1.807, 2.05) is 18.2 Å². The number of urea groups is 1. The molecule has 32 heavy (non-hydrogen) atoms. The number of benzene rings is 2. The van der Waals surface area contributed by atoms with Crippen molar-refractivity contribution in [2.45, 2.75) is 45.6 Å². The van der Waals surface area contributed by atoms with Crippen molar-refractivity contribution in [3.63, 3.8) is 0 Å². The van der Waals surface area contributed by atoms with E-state index in [1.54, 1.807) is 24.3 Å². The molecule has 0 aromatic heterocycles. The Balaban J connectivity index is 1.73. The highest BCUT2D eigenvalue weighted by Gasteiger charge is 2.38. The maximum absolute atomic E-state index is 13.1. The molecule has 7 heteroatoms. The van der Waals surface area contributed by atoms with Crippen molar-refractivity contribution in [2.75, 3.05) is 16.3 Å². The van der Waals surface area contributed by atoms with E-state index >= 15 is 0 Å². The number of nitrogens with zero attached hydrogens (tertiary/aromatic N) is 2. The summed E-state index contributed by atoms with van der Waals surface area (Å²) in [5.41, 5.74) is 3.36. The predicted octanol–water partition coefficient (Wildman–Crippen LogP) is 5.12. The lowest BCUT2D eigenvalue weighted by atomic mass is 9.79. The zero-order chi connectivity index (χ0) is 23.2. The molecular formula is C25H26ClN3O3. The average Bonchev–Trinajstić information content (AvgIpc) is 2.71. The Morgan fingerprint density at radius 3 is 2.59 bits per heavy atom. The van der Waals surface area contributed by atoms with Gasteiger partial charge < -0.3 is 4.90 Å². The van der Waals surface area contributed by atoms with Gasteiger partial charge >= 0.3 is 6.03 Å². The average molecular weight is 452 g/mol. The minimum absolute atomic E-state index is 0.0538. The van der Waals surface area contributed by atoms with Crippen molar-refractivity contribution < 1.29 is 14.4 Å². The Hall–Kier alpha value is -3.12. The summed E-state index contributed by atoms with van der Waals surface area (Å²) >= 11 is 6.02. The third kappa shape index (κ3) is 3.79. The second-order valence-corrected chi connectivity index (χ2v) is 9.35. The molecule has 0 spiro atoms. The van der Waals surface area contributed by atoms with E-state index in [0.29, 0.717) is 16.6 Å². The molecule has 1 atom stereocenters. The van der Waals surface area contributed by atoms with Crippen molar-refractivity contribution in [1.29, 1.82) is 0 Å². The quantitative estimate of drug-likeness (QED) is 0.519. The number of imide groups is 2. The second kappa shape index (κ2) is 8.10. The number of hydrogen-bond acceptors (Lipinski definition) is 4. The fourth-order valence-electron chi connectivity index (χ4n) is 4.87. The van der Waals surface area contributed by atoms with Crippen molar-refractivity contribution in [3.8, 4) is 0 Å². The first-order chi connectivity index (χ1) is 15.1.